The van der Waals surface area contributed by atoms with Crippen molar-refractivity contribution in [2.45, 2.75) is 33.0 Å². The van der Waals surface area contributed by atoms with Crippen LogP contribution in [0.1, 0.15) is 23.6 Å². The van der Waals surface area contributed by atoms with Gasteiger partial charge in [0.1, 0.15) is 0 Å². The molecule has 2 N–H and O–H groups in total. The average molecular weight is 255 g/mol. The quantitative estimate of drug-likeness (QED) is 0.808. The summed E-state index contributed by atoms with van der Waals surface area (Å²) in [5.74, 6) is 0. The second-order valence-corrected chi connectivity index (χ2v) is 6.00. The fraction of sp³-hybridized carbons (Fsp3) is 0.692. The first-order valence-electron chi connectivity index (χ1n) is 6.23. The lowest BCUT2D eigenvalue weighted by Gasteiger charge is -2.29. The molecular formula is C13H25N3S. The Kier molecular flexibility index (Phi) is 6.12. The molecule has 0 bridgehead atoms. The molecule has 17 heavy (non-hydrogen) atoms. The van der Waals surface area contributed by atoms with E-state index in [2.05, 4.69) is 49.9 Å². The molecule has 98 valence electrons. The third kappa shape index (κ3) is 4.76. The van der Waals surface area contributed by atoms with Gasteiger partial charge in [-0.15, -0.1) is 11.3 Å². The zero-order valence-electron chi connectivity index (χ0n) is 11.4. The Labute approximate surface area is 109 Å². The molecule has 1 unspecified atom stereocenters. The van der Waals surface area contributed by atoms with Crippen LogP contribution < -0.4 is 5.73 Å². The van der Waals surface area contributed by atoms with Crippen LogP contribution in [-0.4, -0.2) is 43.0 Å². The van der Waals surface area contributed by atoms with E-state index in [1.807, 2.05) is 11.3 Å². The minimum Gasteiger partial charge on any atom is -0.326 e. The van der Waals surface area contributed by atoms with Crippen LogP contribution in [0.15, 0.2) is 12.1 Å². The van der Waals surface area contributed by atoms with Crippen LogP contribution in [0.4, 0.5) is 0 Å². The Morgan fingerprint density at radius 1 is 1.29 bits per heavy atom. The number of thiophene rings is 1. The monoisotopic (exact) mass is 255 g/mol. The van der Waals surface area contributed by atoms with Crippen molar-refractivity contribution in [3.8, 4) is 0 Å². The number of likely N-dealkylation sites (N-methyl/N-ethyl adjacent to an activating group) is 2. The molecule has 0 aliphatic carbocycles. The Morgan fingerprint density at radius 3 is 2.41 bits per heavy atom. The van der Waals surface area contributed by atoms with Crippen molar-refractivity contribution >= 4 is 11.3 Å². The van der Waals surface area contributed by atoms with Gasteiger partial charge in [0.2, 0.25) is 0 Å². The number of nitrogens with zero attached hydrogens (tertiary/aromatic N) is 2. The van der Waals surface area contributed by atoms with Gasteiger partial charge in [-0.2, -0.15) is 0 Å². The molecule has 0 fully saturated rings. The van der Waals surface area contributed by atoms with Crippen LogP contribution in [0, 0.1) is 0 Å². The van der Waals surface area contributed by atoms with Crippen LogP contribution >= 0.6 is 11.3 Å². The lowest BCUT2D eigenvalue weighted by atomic mass is 10.2. The fourth-order valence-corrected chi connectivity index (χ4v) is 2.96. The lowest BCUT2D eigenvalue weighted by Crippen LogP contribution is -2.39. The molecule has 1 atom stereocenters. The smallest absolute Gasteiger partial charge is 0.0331 e. The van der Waals surface area contributed by atoms with E-state index < -0.39 is 0 Å². The second-order valence-electron chi connectivity index (χ2n) is 4.75. The van der Waals surface area contributed by atoms with Crippen LogP contribution in [0.25, 0.3) is 0 Å². The highest BCUT2D eigenvalue weighted by Gasteiger charge is 2.14. The number of rotatable bonds is 7. The van der Waals surface area contributed by atoms with Gasteiger partial charge in [-0.3, -0.25) is 4.90 Å². The molecule has 1 aromatic rings. The van der Waals surface area contributed by atoms with Gasteiger partial charge >= 0.3 is 0 Å². The molecule has 0 amide bonds. The largest absolute Gasteiger partial charge is 0.326 e. The van der Waals surface area contributed by atoms with Crippen LogP contribution in [0.3, 0.4) is 0 Å². The first-order valence-corrected chi connectivity index (χ1v) is 7.04. The van der Waals surface area contributed by atoms with Crippen molar-refractivity contribution in [1.82, 2.24) is 9.80 Å². The van der Waals surface area contributed by atoms with E-state index in [4.69, 9.17) is 5.73 Å². The maximum Gasteiger partial charge on any atom is 0.0331 e. The summed E-state index contributed by atoms with van der Waals surface area (Å²) in [7, 11) is 4.25. The van der Waals surface area contributed by atoms with Crippen molar-refractivity contribution < 1.29 is 0 Å². The van der Waals surface area contributed by atoms with Gasteiger partial charge in [-0.1, -0.05) is 6.92 Å². The highest BCUT2D eigenvalue weighted by atomic mass is 32.1. The van der Waals surface area contributed by atoms with Crippen LogP contribution in [-0.2, 0) is 13.1 Å². The summed E-state index contributed by atoms with van der Waals surface area (Å²) < 4.78 is 0. The molecule has 3 nitrogen and oxygen atoms in total. The summed E-state index contributed by atoms with van der Waals surface area (Å²) in [6, 6.07) is 4.93. The van der Waals surface area contributed by atoms with E-state index in [0.29, 0.717) is 12.6 Å². The highest BCUT2D eigenvalue weighted by Crippen LogP contribution is 2.18. The highest BCUT2D eigenvalue weighted by molar-refractivity contribution is 7.11. The molecule has 0 radical (unpaired) electrons. The van der Waals surface area contributed by atoms with Crippen LogP contribution in [0.2, 0.25) is 0 Å². The van der Waals surface area contributed by atoms with Crippen LogP contribution in [0.5, 0.6) is 0 Å². The summed E-state index contributed by atoms with van der Waals surface area (Å²) in [4.78, 5) is 7.44. The van der Waals surface area contributed by atoms with Gasteiger partial charge in [0.25, 0.3) is 0 Å². The standard InChI is InChI=1S/C13H25N3S/c1-5-16(11(2)9-15(3)4)10-13-7-6-12(8-14)17-13/h6-7,11H,5,8-10,14H2,1-4H3. The maximum atomic E-state index is 5.64. The molecule has 4 heteroatoms. The van der Waals surface area contributed by atoms with Gasteiger partial charge in [-0.25, -0.2) is 0 Å². The van der Waals surface area contributed by atoms with E-state index in [1.54, 1.807) is 0 Å². The second kappa shape index (κ2) is 7.11. The van der Waals surface area contributed by atoms with E-state index in [0.717, 1.165) is 19.6 Å². The van der Waals surface area contributed by atoms with E-state index in [1.165, 1.54) is 9.75 Å². The summed E-state index contributed by atoms with van der Waals surface area (Å²) >= 11 is 1.83. The number of nitrogens with two attached hydrogens (primary N) is 1. The topological polar surface area (TPSA) is 32.5 Å². The summed E-state index contributed by atoms with van der Waals surface area (Å²) in [6.07, 6.45) is 0. The predicted molar refractivity (Wildman–Crippen MR) is 76.3 cm³/mol. The SMILES string of the molecule is CCN(Cc1ccc(CN)s1)C(C)CN(C)C. The normalized spacial score (nSPS) is 13.6. The maximum absolute atomic E-state index is 5.64. The van der Waals surface area contributed by atoms with Crippen molar-refractivity contribution in [2.75, 3.05) is 27.2 Å². The van der Waals surface area contributed by atoms with Crippen molar-refractivity contribution in [2.24, 2.45) is 5.73 Å². The number of hydrogen-bond donors (Lipinski definition) is 1. The average Bonchev–Trinajstić information content (AvgIpc) is 2.72. The lowest BCUT2D eigenvalue weighted by molar-refractivity contribution is 0.175. The fourth-order valence-electron chi connectivity index (χ4n) is 2.04. The van der Waals surface area contributed by atoms with Crippen molar-refractivity contribution in [1.29, 1.82) is 0 Å². The Bertz CT molecular complexity index is 322. The molecule has 0 aromatic carbocycles. The Balaban J connectivity index is 2.56. The minimum atomic E-state index is 0.582. The first kappa shape index (κ1) is 14.6. The third-order valence-electron chi connectivity index (χ3n) is 2.94. The van der Waals surface area contributed by atoms with E-state index >= 15 is 0 Å². The molecule has 0 aliphatic rings. The summed E-state index contributed by atoms with van der Waals surface area (Å²) in [5.41, 5.74) is 5.64. The molecule has 1 heterocycles. The van der Waals surface area contributed by atoms with Crippen molar-refractivity contribution in [3.63, 3.8) is 0 Å². The molecule has 1 rings (SSSR count). The molecule has 1 aromatic heterocycles. The zero-order valence-corrected chi connectivity index (χ0v) is 12.3. The van der Waals surface area contributed by atoms with E-state index in [9.17, 15) is 0 Å². The first-order chi connectivity index (χ1) is 8.06. The van der Waals surface area contributed by atoms with Gasteiger partial charge in [-0.05, 0) is 39.7 Å². The number of hydrogen-bond acceptors (Lipinski definition) is 4. The molecular weight excluding hydrogens is 230 g/mol. The van der Waals surface area contributed by atoms with Gasteiger partial charge in [0, 0.05) is 35.4 Å². The zero-order chi connectivity index (χ0) is 12.8. The predicted octanol–water partition coefficient (Wildman–Crippen LogP) is 1.98. The summed E-state index contributed by atoms with van der Waals surface area (Å²) in [6.45, 7) is 8.40. The van der Waals surface area contributed by atoms with E-state index in [-0.39, 0.29) is 0 Å². The Hall–Kier alpha value is -0.420. The molecule has 0 saturated carbocycles. The summed E-state index contributed by atoms with van der Waals surface area (Å²) in [5, 5.41) is 0. The molecule has 0 spiro atoms. The van der Waals surface area contributed by atoms with Gasteiger partial charge < -0.3 is 10.6 Å². The van der Waals surface area contributed by atoms with Gasteiger partial charge in [0.15, 0.2) is 0 Å². The van der Waals surface area contributed by atoms with Gasteiger partial charge in [0.05, 0.1) is 0 Å². The minimum absolute atomic E-state index is 0.582. The molecule has 0 saturated heterocycles. The third-order valence-corrected chi connectivity index (χ3v) is 4.03. The molecule has 0 aliphatic heterocycles. The Morgan fingerprint density at radius 2 is 1.94 bits per heavy atom. The van der Waals surface area contributed by atoms with Crippen molar-refractivity contribution in [3.05, 3.63) is 21.9 Å².